The number of nitrogens with two attached hydrogens (primary N) is 1. The largest absolute Gasteiger partial charge is 0.511 e. The van der Waals surface area contributed by atoms with E-state index in [0.717, 1.165) is 26.2 Å². The molecule has 210 valence electrons. The molecule has 1 unspecified atom stereocenters. The number of hydrogen-bond acceptors (Lipinski definition) is 10. The smallest absolute Gasteiger partial charge is 0.255 e. The van der Waals surface area contributed by atoms with Crippen LogP contribution in [-0.2, 0) is 22.6 Å². The zero-order valence-corrected chi connectivity index (χ0v) is 22.2. The summed E-state index contributed by atoms with van der Waals surface area (Å²) in [5.41, 5.74) is 2.86. The number of aliphatic hydroxyl groups excluding tert-OH is 2. The van der Waals surface area contributed by atoms with E-state index in [9.17, 15) is 34.8 Å². The number of nitrogens with zero attached hydrogens (tertiary/aromatic N) is 2. The van der Waals surface area contributed by atoms with Crippen molar-refractivity contribution in [2.45, 2.75) is 44.2 Å². The van der Waals surface area contributed by atoms with Crippen molar-refractivity contribution in [3.8, 4) is 11.5 Å². The van der Waals surface area contributed by atoms with Gasteiger partial charge in [0.2, 0.25) is 5.78 Å². The standard InChI is InChI=1S/C28H35N3O8/c1-30(7-8-31-5-3-4-6-31)13-15-11-18(32)21-17(24(15)39-2)10-14-9-16-12-19(33)22(27(29)37)26(36)28(16,38)25(35)20(14)23(21)34/h11,14,16,32-33,35,38H,3-10,12-13H2,1-2H3,(H2,29,37)/t14?,16-,28-/m0/s1. The average molecular weight is 542 g/mol. The monoisotopic (exact) mass is 541 g/mol. The number of hydrogen-bond donors (Lipinski definition) is 5. The van der Waals surface area contributed by atoms with E-state index in [1.54, 1.807) is 0 Å². The molecule has 1 aromatic rings. The van der Waals surface area contributed by atoms with Crippen molar-refractivity contribution in [2.75, 3.05) is 40.3 Å². The molecule has 6 N–H and O–H groups in total. The first-order valence-electron chi connectivity index (χ1n) is 13.3. The first-order valence-corrected chi connectivity index (χ1v) is 13.3. The molecule has 0 saturated carbocycles. The lowest BCUT2D eigenvalue weighted by Gasteiger charge is -2.45. The van der Waals surface area contributed by atoms with Gasteiger partial charge < -0.3 is 40.7 Å². The molecule has 1 heterocycles. The second-order valence-corrected chi connectivity index (χ2v) is 11.1. The summed E-state index contributed by atoms with van der Waals surface area (Å²) >= 11 is 0. The van der Waals surface area contributed by atoms with E-state index >= 15 is 0 Å². The zero-order chi connectivity index (χ0) is 28.2. The van der Waals surface area contributed by atoms with Crippen LogP contribution < -0.4 is 10.5 Å². The van der Waals surface area contributed by atoms with E-state index in [2.05, 4.69) is 9.80 Å². The van der Waals surface area contributed by atoms with Crippen molar-refractivity contribution < 1.29 is 39.5 Å². The van der Waals surface area contributed by atoms with Gasteiger partial charge in [-0.25, -0.2) is 0 Å². The number of carbonyl (C=O) groups excluding carboxylic acids is 3. The van der Waals surface area contributed by atoms with Crippen molar-refractivity contribution in [3.63, 3.8) is 0 Å². The van der Waals surface area contributed by atoms with Gasteiger partial charge in [0.25, 0.3) is 5.91 Å². The normalized spacial score (nSPS) is 27.1. The van der Waals surface area contributed by atoms with E-state index < -0.39 is 52.0 Å². The summed E-state index contributed by atoms with van der Waals surface area (Å²) in [4.78, 5) is 43.1. The molecule has 0 aromatic heterocycles. The van der Waals surface area contributed by atoms with Gasteiger partial charge in [-0.2, -0.15) is 0 Å². The number of methoxy groups -OCH3 is 1. The highest BCUT2D eigenvalue weighted by molar-refractivity contribution is 6.24. The van der Waals surface area contributed by atoms with Crippen molar-refractivity contribution in [3.05, 3.63) is 45.4 Å². The lowest BCUT2D eigenvalue weighted by molar-refractivity contribution is -0.144. The maximum atomic E-state index is 13.7. The van der Waals surface area contributed by atoms with Gasteiger partial charge in [0, 0.05) is 48.7 Å². The Morgan fingerprint density at radius 1 is 1.21 bits per heavy atom. The number of ketones is 2. The highest BCUT2D eigenvalue weighted by atomic mass is 16.5. The van der Waals surface area contributed by atoms with Crippen LogP contribution in [0.1, 0.15) is 47.2 Å². The first-order chi connectivity index (χ1) is 18.5. The SMILES string of the molecule is COc1c(CN(C)CCN2CCCC2)cc(O)c2c1CC1C[C@H]3CC(O)=C(C(N)=O)C(=O)[C@@]3(O)C(O)=C1C2=O. The number of amides is 1. The molecule has 5 rings (SSSR count). The molecule has 1 fully saturated rings. The fraction of sp³-hybridized carbons (Fsp3) is 0.536. The maximum absolute atomic E-state index is 13.7. The van der Waals surface area contributed by atoms with Crippen molar-refractivity contribution in [2.24, 2.45) is 17.6 Å². The molecule has 1 aliphatic heterocycles. The number of benzene rings is 1. The van der Waals surface area contributed by atoms with Crippen molar-refractivity contribution in [1.82, 2.24) is 9.80 Å². The molecule has 1 aromatic carbocycles. The summed E-state index contributed by atoms with van der Waals surface area (Å²) in [7, 11) is 3.49. The van der Waals surface area contributed by atoms with Crippen LogP contribution >= 0.6 is 0 Å². The van der Waals surface area contributed by atoms with E-state index in [1.165, 1.54) is 26.0 Å². The number of allylic oxidation sites excluding steroid dienone is 2. The second-order valence-electron chi connectivity index (χ2n) is 11.1. The summed E-state index contributed by atoms with van der Waals surface area (Å²) in [5.74, 6) is -5.99. The van der Waals surface area contributed by atoms with Gasteiger partial charge in [-0.3, -0.25) is 14.4 Å². The van der Waals surface area contributed by atoms with E-state index in [4.69, 9.17) is 10.5 Å². The van der Waals surface area contributed by atoms with E-state index in [-0.39, 0.29) is 36.1 Å². The molecule has 0 bridgehead atoms. The number of aliphatic hydroxyl groups is 3. The number of carbonyl (C=O) groups is 3. The molecule has 4 aliphatic rings. The predicted octanol–water partition coefficient (Wildman–Crippen LogP) is 1.12. The van der Waals surface area contributed by atoms with Gasteiger partial charge in [-0.1, -0.05) is 0 Å². The van der Waals surface area contributed by atoms with Gasteiger partial charge in [0.15, 0.2) is 11.4 Å². The number of fused-ring (bicyclic) bond motifs is 3. The highest BCUT2D eigenvalue weighted by Gasteiger charge is 2.59. The first kappa shape index (κ1) is 27.2. The lowest BCUT2D eigenvalue weighted by atomic mass is 9.60. The van der Waals surface area contributed by atoms with Gasteiger partial charge in [0.1, 0.15) is 28.6 Å². The van der Waals surface area contributed by atoms with Crippen LogP contribution in [0.5, 0.6) is 11.5 Å². The van der Waals surface area contributed by atoms with Crippen LogP contribution in [0, 0.1) is 11.8 Å². The fourth-order valence-electron chi connectivity index (χ4n) is 6.79. The second kappa shape index (κ2) is 9.96. The number of ether oxygens (including phenoxy) is 1. The number of likely N-dealkylation sites (N-methyl/N-ethyl adjacent to an activating group) is 1. The number of aromatic hydroxyl groups is 1. The molecule has 0 spiro atoms. The number of rotatable bonds is 7. The Labute approximate surface area is 226 Å². The average Bonchev–Trinajstić information content (AvgIpc) is 3.38. The molecular formula is C28H35N3O8. The molecular weight excluding hydrogens is 506 g/mol. The van der Waals surface area contributed by atoms with Gasteiger partial charge >= 0.3 is 0 Å². The quantitative estimate of drug-likeness (QED) is 0.315. The van der Waals surface area contributed by atoms with Gasteiger partial charge in [0.05, 0.1) is 12.7 Å². The third-order valence-corrected chi connectivity index (χ3v) is 8.73. The Hall–Kier alpha value is -3.41. The van der Waals surface area contributed by atoms with Crippen molar-refractivity contribution in [1.29, 1.82) is 0 Å². The van der Waals surface area contributed by atoms with Crippen LogP contribution in [-0.4, -0.2) is 93.6 Å². The van der Waals surface area contributed by atoms with Gasteiger partial charge in [-0.15, -0.1) is 0 Å². The third-order valence-electron chi connectivity index (χ3n) is 8.73. The van der Waals surface area contributed by atoms with Crippen LogP contribution in [0.15, 0.2) is 28.7 Å². The Bertz CT molecular complexity index is 1310. The van der Waals surface area contributed by atoms with E-state index in [1.807, 2.05) is 7.05 Å². The predicted molar refractivity (Wildman–Crippen MR) is 139 cm³/mol. The molecule has 39 heavy (non-hydrogen) atoms. The molecule has 11 nitrogen and oxygen atoms in total. The number of phenols is 1. The summed E-state index contributed by atoms with van der Waals surface area (Å²) in [6.45, 7) is 4.44. The minimum absolute atomic E-state index is 0.0491. The summed E-state index contributed by atoms with van der Waals surface area (Å²) in [6.07, 6.45) is 2.45. The molecule has 1 saturated heterocycles. The molecule has 11 heteroatoms. The maximum Gasteiger partial charge on any atom is 0.255 e. The van der Waals surface area contributed by atoms with E-state index in [0.29, 0.717) is 23.4 Å². The summed E-state index contributed by atoms with van der Waals surface area (Å²) in [6, 6.07) is 1.48. The van der Waals surface area contributed by atoms with Crippen LogP contribution in [0.4, 0.5) is 0 Å². The zero-order valence-electron chi connectivity index (χ0n) is 22.2. The number of phenolic OH excluding ortho intramolecular Hbond substituents is 1. The molecule has 1 amide bonds. The Morgan fingerprint density at radius 3 is 2.54 bits per heavy atom. The van der Waals surface area contributed by atoms with Crippen LogP contribution in [0.2, 0.25) is 0 Å². The number of Topliss-reactive ketones (excluding diaryl/α,β-unsaturated/α-hetero) is 2. The molecule has 3 atom stereocenters. The van der Waals surface area contributed by atoms with Gasteiger partial charge in [-0.05, 0) is 57.8 Å². The lowest BCUT2D eigenvalue weighted by Crippen LogP contribution is -2.57. The Balaban J connectivity index is 1.50. The summed E-state index contributed by atoms with van der Waals surface area (Å²) in [5, 5.41) is 43.8. The molecule has 0 radical (unpaired) electrons. The Morgan fingerprint density at radius 2 is 1.90 bits per heavy atom. The minimum Gasteiger partial charge on any atom is -0.511 e. The Kier molecular flexibility index (Phi) is 6.94. The summed E-state index contributed by atoms with van der Waals surface area (Å²) < 4.78 is 5.75. The van der Waals surface area contributed by atoms with Crippen LogP contribution in [0.25, 0.3) is 0 Å². The van der Waals surface area contributed by atoms with Crippen LogP contribution in [0.3, 0.4) is 0 Å². The third kappa shape index (κ3) is 4.29. The molecule has 3 aliphatic carbocycles. The highest BCUT2D eigenvalue weighted by Crippen LogP contribution is 2.52. The number of likely N-dealkylation sites (tertiary alicyclic amines) is 1. The fourth-order valence-corrected chi connectivity index (χ4v) is 6.79. The number of primary amides is 1. The van der Waals surface area contributed by atoms with Crippen molar-refractivity contribution >= 4 is 17.5 Å². The minimum atomic E-state index is -2.58. The topological polar surface area (TPSA) is 174 Å².